The van der Waals surface area contributed by atoms with Crippen molar-refractivity contribution in [2.24, 2.45) is 0 Å². The van der Waals surface area contributed by atoms with Gasteiger partial charge in [-0.25, -0.2) is 0 Å². The number of carbonyl (C=O) groups excluding carboxylic acids is 1. The van der Waals surface area contributed by atoms with Gasteiger partial charge in [0.1, 0.15) is 5.75 Å². The van der Waals surface area contributed by atoms with Crippen molar-refractivity contribution >= 4 is 40.1 Å². The Labute approximate surface area is 162 Å². The van der Waals surface area contributed by atoms with Crippen LogP contribution in [0.15, 0.2) is 53.1 Å². The van der Waals surface area contributed by atoms with E-state index in [1.807, 2.05) is 24.3 Å². The summed E-state index contributed by atoms with van der Waals surface area (Å²) in [5, 5.41) is 7.19. The molecule has 25 heavy (non-hydrogen) atoms. The third kappa shape index (κ3) is 5.17. The molecule has 0 atom stereocenters. The Morgan fingerprint density at radius 1 is 1.16 bits per heavy atom. The third-order valence-electron chi connectivity index (χ3n) is 3.19. The van der Waals surface area contributed by atoms with Crippen LogP contribution in [0.25, 0.3) is 11.4 Å². The first kappa shape index (κ1) is 17.7. The second-order valence-corrected chi connectivity index (χ2v) is 6.72. The van der Waals surface area contributed by atoms with E-state index in [2.05, 4.69) is 38.0 Å². The highest BCUT2D eigenvalue weighted by atomic mass is 127. The first-order chi connectivity index (χ1) is 12.1. The number of hydrogen-bond donors (Lipinski definition) is 1. The summed E-state index contributed by atoms with van der Waals surface area (Å²) in [6.07, 6.45) is 0. The summed E-state index contributed by atoms with van der Waals surface area (Å²) < 4.78 is 11.6. The van der Waals surface area contributed by atoms with Crippen molar-refractivity contribution < 1.29 is 14.1 Å². The standard InChI is InChI=1S/C17H13ClIN3O3/c18-12-3-1-11(2-4-12)17-21-16(25-22-17)9-20-15(23)10-24-14-7-5-13(19)6-8-14/h1-8H,9-10H2,(H,20,23). The van der Waals surface area contributed by atoms with E-state index in [-0.39, 0.29) is 19.1 Å². The third-order valence-corrected chi connectivity index (χ3v) is 4.16. The summed E-state index contributed by atoms with van der Waals surface area (Å²) in [7, 11) is 0. The molecule has 0 aliphatic rings. The van der Waals surface area contributed by atoms with Crippen molar-refractivity contribution in [3.05, 3.63) is 63.0 Å². The van der Waals surface area contributed by atoms with Crippen LogP contribution >= 0.6 is 34.2 Å². The summed E-state index contributed by atoms with van der Waals surface area (Å²) in [5.41, 5.74) is 0.785. The van der Waals surface area contributed by atoms with E-state index >= 15 is 0 Å². The van der Waals surface area contributed by atoms with Crippen LogP contribution in [0.2, 0.25) is 5.02 Å². The molecule has 0 spiro atoms. The zero-order valence-corrected chi connectivity index (χ0v) is 15.8. The fourth-order valence-electron chi connectivity index (χ4n) is 1.95. The zero-order valence-electron chi connectivity index (χ0n) is 12.9. The average Bonchev–Trinajstić information content (AvgIpc) is 3.09. The van der Waals surface area contributed by atoms with Crippen molar-refractivity contribution in [1.29, 1.82) is 0 Å². The minimum absolute atomic E-state index is 0.0846. The first-order valence-corrected chi connectivity index (χ1v) is 8.79. The number of halogens is 2. The number of benzene rings is 2. The van der Waals surface area contributed by atoms with Crippen LogP contribution in [0.5, 0.6) is 5.75 Å². The highest BCUT2D eigenvalue weighted by Gasteiger charge is 2.10. The van der Waals surface area contributed by atoms with E-state index in [0.717, 1.165) is 9.13 Å². The maximum Gasteiger partial charge on any atom is 0.258 e. The molecule has 0 fully saturated rings. The molecule has 3 aromatic rings. The van der Waals surface area contributed by atoms with Crippen LogP contribution in [-0.2, 0) is 11.3 Å². The number of carbonyl (C=O) groups is 1. The van der Waals surface area contributed by atoms with Gasteiger partial charge in [-0.3, -0.25) is 4.79 Å². The normalized spacial score (nSPS) is 10.5. The maximum atomic E-state index is 11.8. The lowest BCUT2D eigenvalue weighted by atomic mass is 10.2. The Bertz CT molecular complexity index is 850. The maximum absolute atomic E-state index is 11.8. The minimum Gasteiger partial charge on any atom is -0.484 e. The second-order valence-electron chi connectivity index (χ2n) is 5.04. The molecule has 0 bridgehead atoms. The van der Waals surface area contributed by atoms with Gasteiger partial charge < -0.3 is 14.6 Å². The molecule has 128 valence electrons. The van der Waals surface area contributed by atoms with E-state index in [9.17, 15) is 4.79 Å². The molecule has 1 N–H and O–H groups in total. The highest BCUT2D eigenvalue weighted by Crippen LogP contribution is 2.18. The highest BCUT2D eigenvalue weighted by molar-refractivity contribution is 14.1. The molecule has 1 heterocycles. The summed E-state index contributed by atoms with van der Waals surface area (Å²) in [5.74, 6) is 1.12. The van der Waals surface area contributed by atoms with E-state index in [1.54, 1.807) is 24.3 Å². The smallest absolute Gasteiger partial charge is 0.258 e. The van der Waals surface area contributed by atoms with Gasteiger partial charge in [0.25, 0.3) is 5.91 Å². The molecule has 0 aliphatic heterocycles. The number of nitrogens with zero attached hydrogens (tertiary/aromatic N) is 2. The van der Waals surface area contributed by atoms with Gasteiger partial charge in [0, 0.05) is 14.2 Å². The van der Waals surface area contributed by atoms with Gasteiger partial charge in [0.15, 0.2) is 6.61 Å². The number of rotatable bonds is 6. The Balaban J connectivity index is 1.49. The van der Waals surface area contributed by atoms with Gasteiger partial charge in [0.05, 0.1) is 6.54 Å². The summed E-state index contributed by atoms with van der Waals surface area (Å²) in [6.45, 7) is 0.0498. The fraction of sp³-hybridized carbons (Fsp3) is 0.118. The topological polar surface area (TPSA) is 77.2 Å². The van der Waals surface area contributed by atoms with Gasteiger partial charge in [-0.1, -0.05) is 16.8 Å². The van der Waals surface area contributed by atoms with Crippen LogP contribution in [-0.4, -0.2) is 22.7 Å². The van der Waals surface area contributed by atoms with Crippen molar-refractivity contribution in [2.75, 3.05) is 6.61 Å². The van der Waals surface area contributed by atoms with Crippen molar-refractivity contribution in [3.8, 4) is 17.1 Å². The molecular formula is C17H13ClIN3O3. The van der Waals surface area contributed by atoms with Gasteiger partial charge in [-0.15, -0.1) is 0 Å². The van der Waals surface area contributed by atoms with Gasteiger partial charge in [-0.2, -0.15) is 4.98 Å². The molecule has 1 amide bonds. The molecule has 6 nitrogen and oxygen atoms in total. The lowest BCUT2D eigenvalue weighted by molar-refractivity contribution is -0.123. The predicted octanol–water partition coefficient (Wildman–Crippen LogP) is 3.69. The Morgan fingerprint density at radius 3 is 2.60 bits per heavy atom. The Hall–Kier alpha value is -2.13. The minimum atomic E-state index is -0.273. The number of ether oxygens (including phenoxy) is 1. The van der Waals surface area contributed by atoms with Gasteiger partial charge in [0.2, 0.25) is 11.7 Å². The predicted molar refractivity (Wildman–Crippen MR) is 101 cm³/mol. The second kappa shape index (κ2) is 8.30. The van der Waals surface area contributed by atoms with Crippen molar-refractivity contribution in [3.63, 3.8) is 0 Å². The Kier molecular flexibility index (Phi) is 5.87. The molecule has 1 aromatic heterocycles. The molecule has 3 rings (SSSR count). The SMILES string of the molecule is O=C(COc1ccc(I)cc1)NCc1nc(-c2ccc(Cl)cc2)no1. The average molecular weight is 470 g/mol. The molecule has 0 unspecified atom stereocenters. The van der Waals surface area contributed by atoms with E-state index in [0.29, 0.717) is 22.5 Å². The number of amides is 1. The van der Waals surface area contributed by atoms with E-state index in [1.165, 1.54) is 0 Å². The quantitative estimate of drug-likeness (QED) is 0.557. The first-order valence-electron chi connectivity index (χ1n) is 7.34. The zero-order chi connectivity index (χ0) is 17.6. The summed E-state index contributed by atoms with van der Waals surface area (Å²) in [6, 6.07) is 14.5. The number of nitrogens with one attached hydrogen (secondary N) is 1. The van der Waals surface area contributed by atoms with Crippen LogP contribution in [0.4, 0.5) is 0 Å². The molecule has 0 saturated carbocycles. The molecule has 2 aromatic carbocycles. The van der Waals surface area contributed by atoms with Crippen LogP contribution in [0.3, 0.4) is 0 Å². The molecular weight excluding hydrogens is 457 g/mol. The van der Waals surface area contributed by atoms with Crippen molar-refractivity contribution in [1.82, 2.24) is 15.5 Å². The molecule has 0 radical (unpaired) electrons. The van der Waals surface area contributed by atoms with Gasteiger partial charge in [-0.05, 0) is 71.1 Å². The fourth-order valence-corrected chi connectivity index (χ4v) is 2.43. The summed E-state index contributed by atoms with van der Waals surface area (Å²) in [4.78, 5) is 16.1. The molecule has 0 saturated heterocycles. The Morgan fingerprint density at radius 2 is 1.88 bits per heavy atom. The van der Waals surface area contributed by atoms with Crippen molar-refractivity contribution in [2.45, 2.75) is 6.54 Å². The van der Waals surface area contributed by atoms with Crippen LogP contribution in [0, 0.1) is 3.57 Å². The molecule has 8 heteroatoms. The van der Waals surface area contributed by atoms with Gasteiger partial charge >= 0.3 is 0 Å². The van der Waals surface area contributed by atoms with Crippen LogP contribution < -0.4 is 10.1 Å². The summed E-state index contributed by atoms with van der Waals surface area (Å²) >= 11 is 8.05. The lowest BCUT2D eigenvalue weighted by Crippen LogP contribution is -2.28. The van der Waals surface area contributed by atoms with Crippen LogP contribution in [0.1, 0.15) is 5.89 Å². The van der Waals surface area contributed by atoms with E-state index < -0.39 is 0 Å². The lowest BCUT2D eigenvalue weighted by Gasteiger charge is -2.06. The number of hydrogen-bond acceptors (Lipinski definition) is 5. The monoisotopic (exact) mass is 469 g/mol. The van der Waals surface area contributed by atoms with E-state index in [4.69, 9.17) is 20.9 Å². The molecule has 0 aliphatic carbocycles. The largest absolute Gasteiger partial charge is 0.484 e. The number of aromatic nitrogens is 2.